The van der Waals surface area contributed by atoms with Gasteiger partial charge in [-0.2, -0.15) is 0 Å². The van der Waals surface area contributed by atoms with Crippen LogP contribution in [0.3, 0.4) is 0 Å². The molecule has 1 aromatic carbocycles. The zero-order chi connectivity index (χ0) is 17.6. The molecule has 1 aliphatic rings. The Kier molecular flexibility index (Phi) is 6.59. The normalized spacial score (nSPS) is 16.8. The number of piperidine rings is 1. The van der Waals surface area contributed by atoms with Crippen LogP contribution in [-0.4, -0.2) is 57.3 Å². The predicted molar refractivity (Wildman–Crippen MR) is 92.5 cm³/mol. The fraction of sp³-hybridized carbons (Fsp3) is 0.562. The first-order chi connectivity index (χ1) is 11.4. The molecule has 2 rings (SSSR count). The quantitative estimate of drug-likeness (QED) is 0.741. The molecule has 0 bridgehead atoms. The number of nitrogens with one attached hydrogen (secondary N) is 1. The van der Waals surface area contributed by atoms with Crippen molar-refractivity contribution in [1.82, 2.24) is 9.62 Å². The Labute approximate surface area is 143 Å². The van der Waals surface area contributed by atoms with E-state index < -0.39 is 15.9 Å². The summed E-state index contributed by atoms with van der Waals surface area (Å²) in [7, 11) is -3.55. The lowest BCUT2D eigenvalue weighted by Gasteiger charge is -2.29. The summed E-state index contributed by atoms with van der Waals surface area (Å²) in [6, 6.07) is 6.75. The second-order valence-corrected chi connectivity index (χ2v) is 7.90. The SMILES string of the molecule is CCS(=O)(=O)NC(=O)c1ccc(OCCN2CCC(N)CC2)cc1. The smallest absolute Gasteiger partial charge is 0.264 e. The standard InChI is InChI=1S/C16H25N3O4S/c1-2-24(21,22)18-16(20)13-3-5-15(6-4-13)23-12-11-19-9-7-14(17)8-10-19/h3-6,14H,2,7-12,17H2,1H3,(H,18,20). The summed E-state index contributed by atoms with van der Waals surface area (Å²) < 4.78 is 30.5. The highest BCUT2D eigenvalue weighted by molar-refractivity contribution is 7.90. The first-order valence-electron chi connectivity index (χ1n) is 8.15. The fourth-order valence-electron chi connectivity index (χ4n) is 2.44. The molecule has 0 atom stereocenters. The lowest BCUT2D eigenvalue weighted by atomic mass is 10.1. The number of hydrogen-bond donors (Lipinski definition) is 2. The van der Waals surface area contributed by atoms with Gasteiger partial charge < -0.3 is 10.5 Å². The molecule has 8 heteroatoms. The maximum Gasteiger partial charge on any atom is 0.264 e. The Bertz CT molecular complexity index is 638. The number of nitrogens with two attached hydrogens (primary N) is 1. The monoisotopic (exact) mass is 355 g/mol. The van der Waals surface area contributed by atoms with Crippen LogP contribution < -0.4 is 15.2 Å². The summed E-state index contributed by atoms with van der Waals surface area (Å²) in [6.07, 6.45) is 2.04. The largest absolute Gasteiger partial charge is 0.492 e. The number of benzene rings is 1. The van der Waals surface area contributed by atoms with Crippen LogP contribution in [0.25, 0.3) is 0 Å². The summed E-state index contributed by atoms with van der Waals surface area (Å²) in [5.74, 6) is -0.118. The Hall–Kier alpha value is -1.64. The number of rotatable bonds is 7. The summed E-state index contributed by atoms with van der Waals surface area (Å²) in [5, 5.41) is 0. The summed E-state index contributed by atoms with van der Waals surface area (Å²) in [5.41, 5.74) is 6.16. The minimum Gasteiger partial charge on any atom is -0.492 e. The van der Waals surface area contributed by atoms with Gasteiger partial charge in [0.05, 0.1) is 5.75 Å². The third-order valence-corrected chi connectivity index (χ3v) is 5.31. The maximum atomic E-state index is 11.8. The van der Waals surface area contributed by atoms with Crippen molar-refractivity contribution in [2.45, 2.75) is 25.8 Å². The minimum absolute atomic E-state index is 0.138. The van der Waals surface area contributed by atoms with Gasteiger partial charge in [-0.05, 0) is 57.1 Å². The van der Waals surface area contributed by atoms with Gasteiger partial charge in [0.1, 0.15) is 12.4 Å². The van der Waals surface area contributed by atoms with Crippen molar-refractivity contribution in [3.8, 4) is 5.75 Å². The molecule has 3 N–H and O–H groups in total. The van der Waals surface area contributed by atoms with E-state index in [0.29, 0.717) is 18.4 Å². The molecule has 0 radical (unpaired) electrons. The van der Waals surface area contributed by atoms with E-state index in [1.807, 2.05) is 4.72 Å². The predicted octanol–water partition coefficient (Wildman–Crippen LogP) is 0.568. The van der Waals surface area contributed by atoms with E-state index in [2.05, 4.69) is 4.90 Å². The molecule has 0 unspecified atom stereocenters. The lowest BCUT2D eigenvalue weighted by Crippen LogP contribution is -2.41. The molecule has 134 valence electrons. The number of amides is 1. The first-order valence-corrected chi connectivity index (χ1v) is 9.80. The summed E-state index contributed by atoms with van der Waals surface area (Å²) >= 11 is 0. The molecule has 1 aromatic rings. The van der Waals surface area contributed by atoms with Crippen molar-refractivity contribution in [3.05, 3.63) is 29.8 Å². The Morgan fingerprint density at radius 3 is 2.50 bits per heavy atom. The van der Waals surface area contributed by atoms with Crippen LogP contribution in [0.5, 0.6) is 5.75 Å². The van der Waals surface area contributed by atoms with E-state index in [-0.39, 0.29) is 11.3 Å². The van der Waals surface area contributed by atoms with Crippen molar-refractivity contribution in [2.24, 2.45) is 5.73 Å². The van der Waals surface area contributed by atoms with Crippen molar-refractivity contribution >= 4 is 15.9 Å². The van der Waals surface area contributed by atoms with Gasteiger partial charge >= 0.3 is 0 Å². The zero-order valence-corrected chi connectivity index (χ0v) is 14.7. The summed E-state index contributed by atoms with van der Waals surface area (Å²) in [6.45, 7) is 4.86. The molecule has 0 saturated carbocycles. The molecule has 1 heterocycles. The second-order valence-electron chi connectivity index (χ2n) is 5.89. The minimum atomic E-state index is -3.55. The molecule has 0 aliphatic carbocycles. The fourth-order valence-corrected chi connectivity index (χ4v) is 2.99. The molecule has 1 saturated heterocycles. The van der Waals surface area contributed by atoms with Gasteiger partial charge in [-0.15, -0.1) is 0 Å². The first kappa shape index (κ1) is 18.7. The van der Waals surface area contributed by atoms with E-state index in [1.165, 1.54) is 6.92 Å². The number of sulfonamides is 1. The van der Waals surface area contributed by atoms with Crippen molar-refractivity contribution in [2.75, 3.05) is 32.0 Å². The molecular weight excluding hydrogens is 330 g/mol. The highest BCUT2D eigenvalue weighted by Gasteiger charge is 2.16. The van der Waals surface area contributed by atoms with Gasteiger partial charge in [-0.1, -0.05) is 0 Å². The highest BCUT2D eigenvalue weighted by Crippen LogP contribution is 2.13. The van der Waals surface area contributed by atoms with E-state index >= 15 is 0 Å². The van der Waals surface area contributed by atoms with Gasteiger partial charge in [-0.25, -0.2) is 13.1 Å². The number of likely N-dealkylation sites (tertiary alicyclic amines) is 1. The van der Waals surface area contributed by atoms with Gasteiger partial charge in [0, 0.05) is 18.2 Å². The van der Waals surface area contributed by atoms with Crippen LogP contribution in [0.4, 0.5) is 0 Å². The van der Waals surface area contributed by atoms with Gasteiger partial charge in [0.15, 0.2) is 0 Å². The Morgan fingerprint density at radius 2 is 1.92 bits per heavy atom. The van der Waals surface area contributed by atoms with Gasteiger partial charge in [0.25, 0.3) is 5.91 Å². The molecule has 1 amide bonds. The number of nitrogens with zero attached hydrogens (tertiary/aromatic N) is 1. The van der Waals surface area contributed by atoms with E-state index in [0.717, 1.165) is 32.5 Å². The van der Waals surface area contributed by atoms with E-state index in [1.54, 1.807) is 24.3 Å². The molecule has 24 heavy (non-hydrogen) atoms. The van der Waals surface area contributed by atoms with Crippen LogP contribution in [0.2, 0.25) is 0 Å². The third kappa shape index (κ3) is 5.77. The summed E-state index contributed by atoms with van der Waals surface area (Å²) in [4.78, 5) is 14.1. The van der Waals surface area contributed by atoms with Crippen LogP contribution in [0, 0.1) is 0 Å². The van der Waals surface area contributed by atoms with E-state index in [4.69, 9.17) is 10.5 Å². The van der Waals surface area contributed by atoms with Crippen LogP contribution in [0.15, 0.2) is 24.3 Å². The average Bonchev–Trinajstić information content (AvgIpc) is 2.57. The maximum absolute atomic E-state index is 11.8. The zero-order valence-electron chi connectivity index (χ0n) is 13.9. The van der Waals surface area contributed by atoms with E-state index in [9.17, 15) is 13.2 Å². The van der Waals surface area contributed by atoms with Crippen molar-refractivity contribution in [1.29, 1.82) is 0 Å². The lowest BCUT2D eigenvalue weighted by molar-refractivity contribution is 0.0981. The molecule has 1 fully saturated rings. The molecule has 0 spiro atoms. The highest BCUT2D eigenvalue weighted by atomic mass is 32.2. The second kappa shape index (κ2) is 8.46. The third-order valence-electron chi connectivity index (χ3n) is 4.05. The number of carbonyl (C=O) groups is 1. The number of ether oxygens (including phenoxy) is 1. The number of carbonyl (C=O) groups excluding carboxylic acids is 1. The Balaban J connectivity index is 1.78. The average molecular weight is 355 g/mol. The molecular formula is C16H25N3O4S. The molecule has 0 aromatic heterocycles. The Morgan fingerprint density at radius 1 is 1.29 bits per heavy atom. The van der Waals surface area contributed by atoms with Crippen LogP contribution in [0.1, 0.15) is 30.1 Å². The molecule has 7 nitrogen and oxygen atoms in total. The van der Waals surface area contributed by atoms with Crippen molar-refractivity contribution < 1.29 is 17.9 Å². The topological polar surface area (TPSA) is 102 Å². The van der Waals surface area contributed by atoms with Crippen LogP contribution >= 0.6 is 0 Å². The van der Waals surface area contributed by atoms with Gasteiger partial charge in [0.2, 0.25) is 10.0 Å². The van der Waals surface area contributed by atoms with Crippen molar-refractivity contribution in [3.63, 3.8) is 0 Å². The van der Waals surface area contributed by atoms with Gasteiger partial charge in [-0.3, -0.25) is 9.69 Å². The number of hydrogen-bond acceptors (Lipinski definition) is 6. The van der Waals surface area contributed by atoms with Crippen LogP contribution in [-0.2, 0) is 10.0 Å². The molecule has 1 aliphatic heterocycles.